The summed E-state index contributed by atoms with van der Waals surface area (Å²) in [4.78, 5) is 27.9. The first-order valence-corrected chi connectivity index (χ1v) is 12.1. The van der Waals surface area contributed by atoms with Crippen molar-refractivity contribution in [1.29, 1.82) is 0 Å². The minimum Gasteiger partial charge on any atom is -0.465 e. The molecule has 0 aliphatic carbocycles. The number of amides is 1. The zero-order chi connectivity index (χ0) is 22.2. The second-order valence-electron chi connectivity index (χ2n) is 8.21. The molecule has 1 aromatic carbocycles. The van der Waals surface area contributed by atoms with Crippen LogP contribution in [0.5, 0.6) is 0 Å². The highest BCUT2D eigenvalue weighted by Gasteiger charge is 2.31. The summed E-state index contributed by atoms with van der Waals surface area (Å²) in [6.45, 7) is 2.16. The fourth-order valence-corrected chi connectivity index (χ4v) is 5.19. The average molecular weight is 444 g/mol. The number of carbonyl (C=O) groups excluding carboxylic acids is 2. The lowest BCUT2D eigenvalue weighted by Gasteiger charge is -2.25. The Kier molecular flexibility index (Phi) is 8.67. The predicted molar refractivity (Wildman–Crippen MR) is 125 cm³/mol. The van der Waals surface area contributed by atoms with E-state index in [9.17, 15) is 14.7 Å². The van der Waals surface area contributed by atoms with Gasteiger partial charge in [-0.3, -0.25) is 4.79 Å². The maximum Gasteiger partial charge on any atom is 0.348 e. The summed E-state index contributed by atoms with van der Waals surface area (Å²) < 4.78 is 4.77. The van der Waals surface area contributed by atoms with E-state index in [1.165, 1.54) is 18.4 Å². The number of aliphatic hydroxyl groups is 1. The minimum atomic E-state index is -0.439. The lowest BCUT2D eigenvalue weighted by Crippen LogP contribution is -2.32. The van der Waals surface area contributed by atoms with Crippen LogP contribution in [-0.4, -0.2) is 30.1 Å². The number of rotatable bonds is 11. The molecule has 168 valence electrons. The molecule has 1 aromatic heterocycles. The number of carbonyl (C=O) groups is 2. The van der Waals surface area contributed by atoms with E-state index in [1.54, 1.807) is 0 Å². The number of thiophene rings is 1. The van der Waals surface area contributed by atoms with E-state index in [-0.39, 0.29) is 17.9 Å². The summed E-state index contributed by atoms with van der Waals surface area (Å²) >= 11 is 1.48. The smallest absolute Gasteiger partial charge is 0.348 e. The Morgan fingerprint density at radius 1 is 1.19 bits per heavy atom. The zero-order valence-electron chi connectivity index (χ0n) is 18.5. The molecule has 1 aliphatic heterocycles. The van der Waals surface area contributed by atoms with Gasteiger partial charge in [0.05, 0.1) is 13.2 Å². The number of aryl methyl sites for hydroxylation is 1. The molecule has 1 saturated heterocycles. The molecule has 6 heteroatoms. The summed E-state index contributed by atoms with van der Waals surface area (Å²) in [5.74, 6) is -0.118. The van der Waals surface area contributed by atoms with Gasteiger partial charge in [0.2, 0.25) is 5.91 Å². The second kappa shape index (κ2) is 11.4. The summed E-state index contributed by atoms with van der Waals surface area (Å²) in [7, 11) is 1.40. The number of unbranched alkanes of at least 4 members (excludes halogenated alkanes) is 2. The first-order chi connectivity index (χ1) is 15.0. The highest BCUT2D eigenvalue weighted by atomic mass is 32.1. The van der Waals surface area contributed by atoms with Gasteiger partial charge in [0.15, 0.2) is 0 Å². The monoisotopic (exact) mass is 443 g/mol. The maximum atomic E-state index is 12.6. The molecular weight excluding hydrogens is 410 g/mol. The van der Waals surface area contributed by atoms with E-state index in [4.69, 9.17) is 4.74 Å². The molecule has 2 atom stereocenters. The van der Waals surface area contributed by atoms with Crippen LogP contribution in [0, 0.1) is 0 Å². The SMILES string of the molecule is CCCCCC(O)c1ccc(N2C(=O)CC[C@H]2CCCc2ccc(C(=O)OC)s2)cc1. The van der Waals surface area contributed by atoms with Gasteiger partial charge >= 0.3 is 5.97 Å². The predicted octanol–water partition coefficient (Wildman–Crippen LogP) is 5.67. The molecule has 0 spiro atoms. The van der Waals surface area contributed by atoms with Crippen LogP contribution < -0.4 is 4.90 Å². The maximum absolute atomic E-state index is 12.6. The summed E-state index contributed by atoms with van der Waals surface area (Å²) in [6.07, 6.45) is 7.88. The van der Waals surface area contributed by atoms with Crippen molar-refractivity contribution in [3.05, 3.63) is 51.7 Å². The van der Waals surface area contributed by atoms with Gasteiger partial charge < -0.3 is 14.7 Å². The molecule has 1 aliphatic rings. The van der Waals surface area contributed by atoms with E-state index >= 15 is 0 Å². The standard InChI is InChI=1S/C25H33NO4S/c1-3-4-5-9-22(27)18-10-12-20(13-11-18)26-19(14-17-24(26)28)7-6-8-21-15-16-23(31-21)25(29)30-2/h10-13,15-16,19,22,27H,3-9,14,17H2,1-2H3/t19-,22?/m1/s1. The number of aliphatic hydroxyl groups excluding tert-OH is 1. The van der Waals surface area contributed by atoms with Crippen LogP contribution in [0.3, 0.4) is 0 Å². The van der Waals surface area contributed by atoms with Crippen molar-refractivity contribution >= 4 is 28.9 Å². The zero-order valence-corrected chi connectivity index (χ0v) is 19.3. The second-order valence-corrected chi connectivity index (χ2v) is 9.38. The molecule has 5 nitrogen and oxygen atoms in total. The van der Waals surface area contributed by atoms with Crippen molar-refractivity contribution in [2.45, 2.75) is 76.9 Å². The van der Waals surface area contributed by atoms with Crippen LogP contribution >= 0.6 is 11.3 Å². The van der Waals surface area contributed by atoms with Gasteiger partial charge in [0.1, 0.15) is 4.88 Å². The van der Waals surface area contributed by atoms with Gasteiger partial charge in [-0.05, 0) is 61.9 Å². The van der Waals surface area contributed by atoms with E-state index in [1.807, 2.05) is 41.3 Å². The van der Waals surface area contributed by atoms with Gasteiger partial charge in [-0.1, -0.05) is 38.3 Å². The average Bonchev–Trinajstić information content (AvgIpc) is 3.40. The molecule has 3 rings (SSSR count). The molecule has 0 saturated carbocycles. The molecule has 0 radical (unpaired) electrons. The molecule has 1 amide bonds. The van der Waals surface area contributed by atoms with Gasteiger partial charge in [0.25, 0.3) is 0 Å². The van der Waals surface area contributed by atoms with Gasteiger partial charge in [-0.2, -0.15) is 0 Å². The number of nitrogens with zero attached hydrogens (tertiary/aromatic N) is 1. The molecule has 31 heavy (non-hydrogen) atoms. The van der Waals surface area contributed by atoms with Crippen molar-refractivity contribution in [3.63, 3.8) is 0 Å². The Labute approximate surface area is 189 Å². The highest BCUT2D eigenvalue weighted by molar-refractivity contribution is 7.13. The van der Waals surface area contributed by atoms with Gasteiger partial charge in [0, 0.05) is 23.0 Å². The third kappa shape index (κ3) is 6.17. The molecule has 1 N–H and O–H groups in total. The number of anilines is 1. The first kappa shape index (κ1) is 23.5. The van der Waals surface area contributed by atoms with Crippen LogP contribution in [0.25, 0.3) is 0 Å². The third-order valence-electron chi connectivity index (χ3n) is 5.97. The summed E-state index contributed by atoms with van der Waals surface area (Å²) in [6, 6.07) is 11.8. The van der Waals surface area contributed by atoms with Crippen molar-refractivity contribution in [2.75, 3.05) is 12.0 Å². The summed E-state index contributed by atoms with van der Waals surface area (Å²) in [5, 5.41) is 10.4. The van der Waals surface area contributed by atoms with Crippen LogP contribution in [0.1, 0.15) is 84.5 Å². The molecular formula is C25H33NO4S. The normalized spacial score (nSPS) is 17.2. The minimum absolute atomic E-state index is 0.172. The molecule has 2 heterocycles. The van der Waals surface area contributed by atoms with Crippen LogP contribution in [0.4, 0.5) is 5.69 Å². The van der Waals surface area contributed by atoms with Gasteiger partial charge in [-0.25, -0.2) is 4.79 Å². The van der Waals surface area contributed by atoms with Crippen LogP contribution in [-0.2, 0) is 16.0 Å². The lowest BCUT2D eigenvalue weighted by atomic mass is 10.0. The number of hydrogen-bond donors (Lipinski definition) is 1. The number of methoxy groups -OCH3 is 1. The Hall–Kier alpha value is -2.18. The topological polar surface area (TPSA) is 66.8 Å². The number of hydrogen-bond acceptors (Lipinski definition) is 5. The largest absolute Gasteiger partial charge is 0.465 e. The van der Waals surface area contributed by atoms with E-state index in [0.29, 0.717) is 11.3 Å². The summed E-state index contributed by atoms with van der Waals surface area (Å²) in [5.41, 5.74) is 1.84. The fourth-order valence-electron chi connectivity index (χ4n) is 4.22. The van der Waals surface area contributed by atoms with E-state index in [2.05, 4.69) is 6.92 Å². The van der Waals surface area contributed by atoms with Crippen molar-refractivity contribution in [2.24, 2.45) is 0 Å². The van der Waals surface area contributed by atoms with Crippen molar-refractivity contribution in [3.8, 4) is 0 Å². The van der Waals surface area contributed by atoms with Crippen molar-refractivity contribution in [1.82, 2.24) is 0 Å². The van der Waals surface area contributed by atoms with Gasteiger partial charge in [-0.15, -0.1) is 11.3 Å². The van der Waals surface area contributed by atoms with Crippen LogP contribution in [0.15, 0.2) is 36.4 Å². The highest BCUT2D eigenvalue weighted by Crippen LogP contribution is 2.31. The quantitative estimate of drug-likeness (QED) is 0.359. The Balaban J connectivity index is 1.55. The molecule has 2 aromatic rings. The lowest BCUT2D eigenvalue weighted by molar-refractivity contribution is -0.117. The van der Waals surface area contributed by atoms with E-state index < -0.39 is 6.10 Å². The first-order valence-electron chi connectivity index (χ1n) is 11.3. The Morgan fingerprint density at radius 3 is 2.68 bits per heavy atom. The molecule has 1 unspecified atom stereocenters. The van der Waals surface area contributed by atoms with E-state index in [0.717, 1.165) is 67.5 Å². The number of ether oxygens (including phenoxy) is 1. The van der Waals surface area contributed by atoms with Crippen molar-refractivity contribution < 1.29 is 19.4 Å². The number of esters is 1. The molecule has 1 fully saturated rings. The Morgan fingerprint density at radius 2 is 1.97 bits per heavy atom. The number of benzene rings is 1. The molecule has 0 bridgehead atoms. The fraction of sp³-hybridized carbons (Fsp3) is 0.520. The van der Waals surface area contributed by atoms with Crippen LogP contribution in [0.2, 0.25) is 0 Å². The third-order valence-corrected chi connectivity index (χ3v) is 7.10. The Bertz CT molecular complexity index is 861.